The summed E-state index contributed by atoms with van der Waals surface area (Å²) >= 11 is 5.85. The van der Waals surface area contributed by atoms with Gasteiger partial charge >= 0.3 is 0 Å². The van der Waals surface area contributed by atoms with Crippen LogP contribution in [0.5, 0.6) is 0 Å². The van der Waals surface area contributed by atoms with E-state index < -0.39 is 0 Å². The van der Waals surface area contributed by atoms with Gasteiger partial charge in [0, 0.05) is 23.6 Å². The number of hydrogen-bond acceptors (Lipinski definition) is 2. The highest BCUT2D eigenvalue weighted by molar-refractivity contribution is 6.30. The summed E-state index contributed by atoms with van der Waals surface area (Å²) in [4.78, 5) is 14.4. The minimum atomic E-state index is 0.117. The minimum Gasteiger partial charge on any atom is -0.306 e. The van der Waals surface area contributed by atoms with E-state index in [9.17, 15) is 4.79 Å². The summed E-state index contributed by atoms with van der Waals surface area (Å²) in [6, 6.07) is 15.1. The van der Waals surface area contributed by atoms with Gasteiger partial charge in [-0.15, -0.1) is 0 Å². The van der Waals surface area contributed by atoms with Crippen molar-refractivity contribution in [1.82, 2.24) is 4.90 Å². The van der Waals surface area contributed by atoms with E-state index in [1.165, 1.54) is 0 Å². The Balaban J connectivity index is 1.99. The molecule has 0 unspecified atom stereocenters. The van der Waals surface area contributed by atoms with Crippen LogP contribution in [0.25, 0.3) is 6.08 Å². The van der Waals surface area contributed by atoms with Gasteiger partial charge in [0.2, 0.25) is 0 Å². The minimum absolute atomic E-state index is 0.117. The molecule has 114 valence electrons. The van der Waals surface area contributed by atoms with Crippen molar-refractivity contribution >= 4 is 23.5 Å². The van der Waals surface area contributed by atoms with Crippen LogP contribution in [0.4, 0.5) is 0 Å². The van der Waals surface area contributed by atoms with Crippen molar-refractivity contribution in [2.24, 2.45) is 0 Å². The van der Waals surface area contributed by atoms with E-state index in [-0.39, 0.29) is 5.78 Å². The van der Waals surface area contributed by atoms with E-state index >= 15 is 0 Å². The first-order chi connectivity index (χ1) is 10.5. The van der Waals surface area contributed by atoms with Gasteiger partial charge in [0.05, 0.1) is 0 Å². The average Bonchev–Trinajstić information content (AvgIpc) is 2.50. The van der Waals surface area contributed by atoms with Gasteiger partial charge in [-0.25, -0.2) is 0 Å². The number of likely N-dealkylation sites (N-methyl/N-ethyl adjacent to an activating group) is 1. The quantitative estimate of drug-likeness (QED) is 0.739. The molecule has 22 heavy (non-hydrogen) atoms. The molecule has 2 rings (SSSR count). The fourth-order valence-electron chi connectivity index (χ4n) is 2.07. The molecule has 2 aromatic rings. The first kappa shape index (κ1) is 16.5. The molecule has 0 N–H and O–H groups in total. The lowest BCUT2D eigenvalue weighted by Crippen LogP contribution is -2.10. The van der Waals surface area contributed by atoms with Gasteiger partial charge in [-0.2, -0.15) is 0 Å². The molecule has 0 aliphatic carbocycles. The van der Waals surface area contributed by atoms with Gasteiger partial charge in [-0.1, -0.05) is 60.2 Å². The van der Waals surface area contributed by atoms with Crippen LogP contribution in [-0.2, 0) is 6.42 Å². The van der Waals surface area contributed by atoms with Crippen LogP contribution in [0.1, 0.15) is 21.5 Å². The van der Waals surface area contributed by atoms with Crippen LogP contribution in [-0.4, -0.2) is 31.3 Å². The van der Waals surface area contributed by atoms with E-state index in [0.29, 0.717) is 11.4 Å². The molecule has 0 saturated heterocycles. The third kappa shape index (κ3) is 5.14. The van der Waals surface area contributed by atoms with E-state index in [1.54, 1.807) is 0 Å². The highest BCUT2D eigenvalue weighted by Crippen LogP contribution is 2.13. The molecule has 2 nitrogen and oxygen atoms in total. The Labute approximate surface area is 137 Å². The molecule has 0 fully saturated rings. The van der Waals surface area contributed by atoms with E-state index in [2.05, 4.69) is 17.1 Å². The van der Waals surface area contributed by atoms with Crippen molar-refractivity contribution in [1.29, 1.82) is 0 Å². The monoisotopic (exact) mass is 313 g/mol. The molecular weight excluding hydrogens is 294 g/mol. The van der Waals surface area contributed by atoms with Crippen molar-refractivity contribution in [3.8, 4) is 0 Å². The van der Waals surface area contributed by atoms with Crippen molar-refractivity contribution in [3.05, 3.63) is 76.3 Å². The van der Waals surface area contributed by atoms with Crippen LogP contribution in [0, 0.1) is 0 Å². The van der Waals surface area contributed by atoms with Gasteiger partial charge in [-0.05, 0) is 37.4 Å². The maximum atomic E-state index is 12.3. The zero-order valence-corrected chi connectivity index (χ0v) is 13.7. The number of nitrogens with zero attached hydrogens (tertiary/aromatic N) is 1. The molecule has 2 aromatic carbocycles. The number of hydrogen-bond donors (Lipinski definition) is 0. The Hall–Kier alpha value is -1.90. The lowest BCUT2D eigenvalue weighted by Gasteiger charge is -2.04. The number of carbonyl (C=O) groups excluding carboxylic acids is 1. The summed E-state index contributed by atoms with van der Waals surface area (Å²) < 4.78 is 0. The van der Waals surface area contributed by atoms with Crippen molar-refractivity contribution in [2.45, 2.75) is 6.42 Å². The first-order valence-electron chi connectivity index (χ1n) is 7.23. The number of Topliss-reactive ketones (excluding diaryl/α,β-unsaturated/α-hetero) is 1. The SMILES string of the molecule is CN(C)CC=Cc1ccc(C(=O)Cc2ccc(Cl)cc2)cc1. The van der Waals surface area contributed by atoms with Gasteiger partial charge in [-0.3, -0.25) is 4.79 Å². The Morgan fingerprint density at radius 2 is 1.68 bits per heavy atom. The largest absolute Gasteiger partial charge is 0.306 e. The molecule has 0 atom stereocenters. The van der Waals surface area contributed by atoms with Crippen molar-refractivity contribution in [2.75, 3.05) is 20.6 Å². The highest BCUT2D eigenvalue weighted by atomic mass is 35.5. The molecule has 3 heteroatoms. The molecular formula is C19H20ClNO. The normalized spacial score (nSPS) is 11.3. The first-order valence-corrected chi connectivity index (χ1v) is 7.61. The van der Waals surface area contributed by atoms with Crippen LogP contribution in [0.3, 0.4) is 0 Å². The van der Waals surface area contributed by atoms with Crippen molar-refractivity contribution < 1.29 is 4.79 Å². The summed E-state index contributed by atoms with van der Waals surface area (Å²) in [6.07, 6.45) is 4.56. The number of rotatable bonds is 6. The smallest absolute Gasteiger partial charge is 0.167 e. The molecule has 0 amide bonds. The Kier molecular flexibility index (Phi) is 5.93. The second kappa shape index (κ2) is 7.92. The Bertz CT molecular complexity index is 642. The molecule has 0 aliphatic rings. The molecule has 0 aliphatic heterocycles. The number of halogens is 1. The molecule has 0 bridgehead atoms. The van der Waals surface area contributed by atoms with Crippen LogP contribution < -0.4 is 0 Å². The van der Waals surface area contributed by atoms with Gasteiger partial charge in [0.15, 0.2) is 5.78 Å². The number of carbonyl (C=O) groups is 1. The molecule has 0 spiro atoms. The summed E-state index contributed by atoms with van der Waals surface area (Å²) in [5.41, 5.74) is 2.81. The van der Waals surface area contributed by atoms with Gasteiger partial charge in [0.25, 0.3) is 0 Å². The molecule has 0 radical (unpaired) electrons. The lowest BCUT2D eigenvalue weighted by molar-refractivity contribution is 0.0993. The number of ketones is 1. The van der Waals surface area contributed by atoms with Gasteiger partial charge in [0.1, 0.15) is 0 Å². The van der Waals surface area contributed by atoms with Crippen molar-refractivity contribution in [3.63, 3.8) is 0 Å². The summed E-state index contributed by atoms with van der Waals surface area (Å²) in [5, 5.41) is 0.685. The second-order valence-electron chi connectivity index (χ2n) is 5.51. The molecule has 0 saturated carbocycles. The summed E-state index contributed by atoms with van der Waals surface area (Å²) in [7, 11) is 4.06. The van der Waals surface area contributed by atoms with E-state index in [4.69, 9.17) is 11.6 Å². The molecule has 0 aromatic heterocycles. The highest BCUT2D eigenvalue weighted by Gasteiger charge is 2.06. The lowest BCUT2D eigenvalue weighted by atomic mass is 10.0. The Morgan fingerprint density at radius 1 is 1.05 bits per heavy atom. The van der Waals surface area contributed by atoms with E-state index in [1.807, 2.05) is 62.6 Å². The van der Waals surface area contributed by atoms with E-state index in [0.717, 1.165) is 23.2 Å². The third-order valence-electron chi connectivity index (χ3n) is 3.29. The third-order valence-corrected chi connectivity index (χ3v) is 3.54. The summed E-state index contributed by atoms with van der Waals surface area (Å²) in [6.45, 7) is 0.900. The average molecular weight is 314 g/mol. The van der Waals surface area contributed by atoms with Crippen LogP contribution in [0.15, 0.2) is 54.6 Å². The Morgan fingerprint density at radius 3 is 2.27 bits per heavy atom. The molecule has 0 heterocycles. The second-order valence-corrected chi connectivity index (χ2v) is 5.95. The summed E-state index contributed by atoms with van der Waals surface area (Å²) in [5.74, 6) is 0.117. The number of benzene rings is 2. The zero-order valence-electron chi connectivity index (χ0n) is 12.9. The topological polar surface area (TPSA) is 20.3 Å². The maximum Gasteiger partial charge on any atom is 0.167 e. The van der Waals surface area contributed by atoms with Crippen LogP contribution in [0.2, 0.25) is 5.02 Å². The standard InChI is InChI=1S/C19H20ClNO/c1-21(2)13-3-4-15-5-9-17(10-6-15)19(22)14-16-7-11-18(20)12-8-16/h3-12H,13-14H2,1-2H3. The zero-order chi connectivity index (χ0) is 15.9. The fourth-order valence-corrected chi connectivity index (χ4v) is 2.20. The maximum absolute atomic E-state index is 12.3. The predicted octanol–water partition coefficient (Wildman–Crippen LogP) is 4.34. The van der Waals surface area contributed by atoms with Crippen LogP contribution >= 0.6 is 11.6 Å². The predicted molar refractivity (Wildman–Crippen MR) is 93.5 cm³/mol. The fraction of sp³-hybridized carbons (Fsp3) is 0.211. The van der Waals surface area contributed by atoms with Gasteiger partial charge < -0.3 is 4.90 Å².